The van der Waals surface area contributed by atoms with E-state index in [4.69, 9.17) is 9.66 Å². The highest BCUT2D eigenvalue weighted by molar-refractivity contribution is 7.88. The van der Waals surface area contributed by atoms with Crippen molar-refractivity contribution in [3.63, 3.8) is 0 Å². The summed E-state index contributed by atoms with van der Waals surface area (Å²) in [7, 11) is -8.23. The van der Waals surface area contributed by atoms with Crippen molar-refractivity contribution < 1.29 is 128 Å². The van der Waals surface area contributed by atoms with Crippen LogP contribution >= 0.6 is 0 Å². The Morgan fingerprint density at radius 1 is 0.372 bits per heavy atom. The summed E-state index contributed by atoms with van der Waals surface area (Å²) in [4.78, 5) is 10.4. The highest BCUT2D eigenvalue weighted by Crippen LogP contribution is 2.67. The van der Waals surface area contributed by atoms with Gasteiger partial charge in [0.15, 0.2) is 0 Å². The van der Waals surface area contributed by atoms with E-state index in [0.29, 0.717) is 0 Å². The summed E-state index contributed by atoms with van der Waals surface area (Å²) in [6, 6.07) is 0. The van der Waals surface area contributed by atoms with E-state index >= 15 is 0 Å². The fourth-order valence-corrected chi connectivity index (χ4v) is 3.04. The van der Waals surface area contributed by atoms with E-state index in [1.165, 1.54) is 0 Å². The molecular formula is C13H2F24O5S. The highest BCUT2D eigenvalue weighted by Gasteiger charge is 3.00. The molecule has 0 rings (SSSR count). The molecule has 2 N–H and O–H groups in total. The zero-order chi connectivity index (χ0) is 36.1. The third-order valence-electron chi connectivity index (χ3n) is 4.94. The highest BCUT2D eigenvalue weighted by atomic mass is 32.2. The number of carboxylic acids is 1. The Morgan fingerprint density at radius 3 is 0.674 bits per heavy atom. The first-order valence-electron chi connectivity index (χ1n) is 8.68. The third-order valence-corrected chi connectivity index (χ3v) is 6.08. The predicted octanol–water partition coefficient (Wildman–Crippen LogP) is 6.54. The normalized spacial score (nSPS) is 18.0. The van der Waals surface area contributed by atoms with Crippen LogP contribution in [0, 0.1) is 0 Å². The molecule has 0 aliphatic carbocycles. The van der Waals surface area contributed by atoms with E-state index in [-0.39, 0.29) is 0 Å². The molecule has 5 nitrogen and oxygen atoms in total. The van der Waals surface area contributed by atoms with Crippen molar-refractivity contribution in [1.29, 1.82) is 0 Å². The fourth-order valence-electron chi connectivity index (χ4n) is 2.36. The van der Waals surface area contributed by atoms with Crippen LogP contribution in [0.5, 0.6) is 0 Å². The van der Waals surface area contributed by atoms with Crippen molar-refractivity contribution >= 4 is 16.1 Å². The molecule has 0 heterocycles. The number of aliphatic carboxylic acids is 1. The SMILES string of the molecule is O=C(O)C(F)(C(F)(F)C(F)(F)C(F)(F)C(F)(F)C(F)(F)C(F)(F)C(F)(F)C(F)(F)C(F)(F)C(F)(F)C(F)(F)F)S(=O)(=O)O. The van der Waals surface area contributed by atoms with Gasteiger partial charge >= 0.3 is 86.5 Å². The van der Waals surface area contributed by atoms with Crippen molar-refractivity contribution in [2.45, 2.75) is 70.4 Å². The summed E-state index contributed by atoms with van der Waals surface area (Å²) in [6.07, 6.45) is -8.24. The number of rotatable bonds is 12. The molecule has 43 heavy (non-hydrogen) atoms. The third kappa shape index (κ3) is 4.52. The Kier molecular flexibility index (Phi) is 9.09. The molecule has 0 aromatic heterocycles. The molecule has 0 amide bonds. The van der Waals surface area contributed by atoms with Crippen LogP contribution in [0.1, 0.15) is 0 Å². The van der Waals surface area contributed by atoms with Crippen molar-refractivity contribution in [3.05, 3.63) is 0 Å². The second-order valence-electron chi connectivity index (χ2n) is 7.62. The molecule has 0 spiro atoms. The molecule has 258 valence electrons. The maximum atomic E-state index is 13.8. The lowest BCUT2D eigenvalue weighted by Crippen LogP contribution is -2.79. The van der Waals surface area contributed by atoms with Gasteiger partial charge in [-0.3, -0.25) is 4.55 Å². The second-order valence-corrected chi connectivity index (χ2v) is 9.13. The summed E-state index contributed by atoms with van der Waals surface area (Å²) in [5, 5.41) is 0.195. The second kappa shape index (κ2) is 9.60. The number of hydrogen-bond donors (Lipinski definition) is 2. The maximum Gasteiger partial charge on any atom is 0.460 e. The van der Waals surface area contributed by atoms with Crippen LogP contribution in [0.2, 0.25) is 0 Å². The number of carboxylic acid groups (broad SMARTS) is 1. The molecular weight excluding hydrogens is 724 g/mol. The lowest BCUT2D eigenvalue weighted by atomic mass is 9.84. The molecule has 0 aliphatic heterocycles. The van der Waals surface area contributed by atoms with Gasteiger partial charge in [-0.1, -0.05) is 0 Å². The van der Waals surface area contributed by atoms with Crippen LogP contribution in [0.25, 0.3) is 0 Å². The summed E-state index contributed by atoms with van der Waals surface area (Å²) in [5.41, 5.74) is 0. The van der Waals surface area contributed by atoms with Gasteiger partial charge in [0.2, 0.25) is 0 Å². The standard InChI is InChI=1S/C13H2F24O5S/c14-2(1(38)39,43(40,41)42)3(15,16)4(17,18)5(19,20)6(21,22)7(23,24)8(25,26)9(27,28)10(29,30)11(31,32)12(33,34)13(35,36)37/h(H,38,39)(H,40,41,42). The van der Waals surface area contributed by atoms with Crippen molar-refractivity contribution in [2.24, 2.45) is 0 Å². The number of alkyl halides is 24. The minimum atomic E-state index is -9.79. The molecule has 0 fully saturated rings. The van der Waals surface area contributed by atoms with E-state index in [2.05, 4.69) is 0 Å². The molecule has 0 bridgehead atoms. The minimum absolute atomic E-state index is 4.82. The lowest BCUT2D eigenvalue weighted by molar-refractivity contribution is -0.479. The van der Waals surface area contributed by atoms with Gasteiger partial charge in [-0.05, 0) is 0 Å². The summed E-state index contributed by atoms with van der Waals surface area (Å²) >= 11 is 0. The van der Waals surface area contributed by atoms with Crippen molar-refractivity contribution in [1.82, 2.24) is 0 Å². The average molecular weight is 726 g/mol. The van der Waals surface area contributed by atoms with Gasteiger partial charge in [-0.2, -0.15) is 109 Å². The molecule has 0 saturated heterocycles. The fraction of sp³-hybridized carbons (Fsp3) is 0.923. The Morgan fingerprint density at radius 2 is 0.535 bits per heavy atom. The van der Waals surface area contributed by atoms with Crippen LogP contribution in [-0.4, -0.2) is 94.4 Å². The van der Waals surface area contributed by atoms with Crippen LogP contribution in [-0.2, 0) is 14.9 Å². The monoisotopic (exact) mass is 726 g/mol. The van der Waals surface area contributed by atoms with Gasteiger partial charge in [0.05, 0.1) is 0 Å². The first-order valence-corrected chi connectivity index (χ1v) is 10.1. The van der Waals surface area contributed by atoms with Crippen LogP contribution in [0.4, 0.5) is 105 Å². The molecule has 30 heteroatoms. The van der Waals surface area contributed by atoms with Crippen LogP contribution in [0.3, 0.4) is 0 Å². The summed E-state index contributed by atoms with van der Waals surface area (Å²) < 4.78 is 347. The summed E-state index contributed by atoms with van der Waals surface area (Å²) in [6.45, 7) is 0. The minimum Gasteiger partial charge on any atom is -0.478 e. The predicted molar refractivity (Wildman–Crippen MR) is 78.5 cm³/mol. The Hall–Kier alpha value is -2.30. The van der Waals surface area contributed by atoms with Gasteiger partial charge in [-0.25, -0.2) is 9.18 Å². The first kappa shape index (κ1) is 40.7. The Labute approximate surface area is 216 Å². The largest absolute Gasteiger partial charge is 0.478 e. The summed E-state index contributed by atoms with van der Waals surface area (Å²) in [5.74, 6) is -99.0. The van der Waals surface area contributed by atoms with Crippen LogP contribution in [0.15, 0.2) is 0 Å². The average Bonchev–Trinajstić information content (AvgIpc) is 2.75. The Bertz CT molecular complexity index is 1200. The van der Waals surface area contributed by atoms with Gasteiger partial charge in [0, 0.05) is 0 Å². The lowest BCUT2D eigenvalue weighted by Gasteiger charge is -2.45. The molecule has 0 saturated carbocycles. The van der Waals surface area contributed by atoms with Crippen LogP contribution < -0.4 is 0 Å². The smallest absolute Gasteiger partial charge is 0.460 e. The Balaban J connectivity index is 7.62. The van der Waals surface area contributed by atoms with Gasteiger partial charge in [0.1, 0.15) is 0 Å². The molecule has 1 unspecified atom stereocenters. The first-order chi connectivity index (χ1) is 17.9. The molecule has 0 aromatic rings. The number of carbonyl (C=O) groups is 1. The van der Waals surface area contributed by atoms with Crippen molar-refractivity contribution in [3.8, 4) is 0 Å². The zero-order valence-corrected chi connectivity index (χ0v) is 18.9. The maximum absolute atomic E-state index is 13.8. The van der Waals surface area contributed by atoms with Gasteiger partial charge < -0.3 is 5.11 Å². The number of halogens is 24. The topological polar surface area (TPSA) is 91.7 Å². The van der Waals surface area contributed by atoms with E-state index < -0.39 is 86.5 Å². The van der Waals surface area contributed by atoms with Gasteiger partial charge in [0.25, 0.3) is 0 Å². The quantitative estimate of drug-likeness (QED) is 0.176. The zero-order valence-electron chi connectivity index (χ0n) is 18.1. The molecule has 0 aromatic carbocycles. The molecule has 0 aliphatic rings. The molecule has 1 atom stereocenters. The van der Waals surface area contributed by atoms with E-state index in [1.54, 1.807) is 0 Å². The van der Waals surface area contributed by atoms with E-state index in [9.17, 15) is 119 Å². The van der Waals surface area contributed by atoms with Gasteiger partial charge in [-0.15, -0.1) is 0 Å². The van der Waals surface area contributed by atoms with Crippen molar-refractivity contribution in [2.75, 3.05) is 0 Å². The van der Waals surface area contributed by atoms with E-state index in [1.807, 2.05) is 0 Å². The number of hydrogen-bond acceptors (Lipinski definition) is 3. The molecule has 0 radical (unpaired) electrons. The van der Waals surface area contributed by atoms with E-state index in [0.717, 1.165) is 0 Å².